The molecular formula is C17H15N3O4S. The Morgan fingerprint density at radius 1 is 1.12 bits per heavy atom. The highest BCUT2D eigenvalue weighted by atomic mass is 32.2. The van der Waals surface area contributed by atoms with Crippen molar-refractivity contribution in [1.29, 1.82) is 0 Å². The van der Waals surface area contributed by atoms with Crippen LogP contribution in [0.5, 0.6) is 0 Å². The highest BCUT2D eigenvalue weighted by Gasteiger charge is 2.32. The van der Waals surface area contributed by atoms with Gasteiger partial charge in [-0.1, -0.05) is 24.3 Å². The van der Waals surface area contributed by atoms with Crippen LogP contribution in [0, 0.1) is 0 Å². The summed E-state index contributed by atoms with van der Waals surface area (Å²) in [4.78, 5) is 12.4. The summed E-state index contributed by atoms with van der Waals surface area (Å²) < 4.78 is 26.5. The molecule has 25 heavy (non-hydrogen) atoms. The highest BCUT2D eigenvalue weighted by Crippen LogP contribution is 2.30. The lowest BCUT2D eigenvalue weighted by Gasteiger charge is -2.37. The van der Waals surface area contributed by atoms with Crippen molar-refractivity contribution in [2.75, 3.05) is 13.1 Å². The van der Waals surface area contributed by atoms with Crippen LogP contribution in [0.4, 0.5) is 4.79 Å². The number of fused-ring (bicyclic) bond motifs is 1. The molecule has 1 aliphatic heterocycles. The van der Waals surface area contributed by atoms with E-state index >= 15 is 0 Å². The summed E-state index contributed by atoms with van der Waals surface area (Å²) in [7, 11) is -3.75. The molecule has 4 rings (SSSR count). The number of hydrogen-bond donors (Lipinski definition) is 1. The second-order valence-corrected chi connectivity index (χ2v) is 7.78. The summed E-state index contributed by atoms with van der Waals surface area (Å²) in [5.41, 5.74) is 1.49. The van der Waals surface area contributed by atoms with Crippen molar-refractivity contribution >= 4 is 27.0 Å². The lowest BCUT2D eigenvalue weighted by molar-refractivity contribution is 0.105. The Morgan fingerprint density at radius 3 is 2.52 bits per heavy atom. The maximum absolute atomic E-state index is 12.7. The minimum Gasteiger partial charge on any atom is -0.465 e. The molecule has 1 N–H and O–H groups in total. The number of hydrogen-bond acceptors (Lipinski definition) is 4. The summed E-state index contributed by atoms with van der Waals surface area (Å²) >= 11 is 0. The molecule has 7 nitrogen and oxygen atoms in total. The normalized spacial score (nSPS) is 15.3. The van der Waals surface area contributed by atoms with Crippen molar-refractivity contribution < 1.29 is 18.3 Å². The number of amides is 1. The Bertz CT molecular complexity index is 1050. The molecule has 0 spiro atoms. The maximum atomic E-state index is 12.7. The van der Waals surface area contributed by atoms with Crippen LogP contribution in [0.2, 0.25) is 0 Å². The van der Waals surface area contributed by atoms with Crippen molar-refractivity contribution in [3.63, 3.8) is 0 Å². The van der Waals surface area contributed by atoms with Gasteiger partial charge in [0.25, 0.3) is 10.0 Å². The van der Waals surface area contributed by atoms with Crippen LogP contribution in [0.15, 0.2) is 59.6 Å². The first kappa shape index (κ1) is 15.6. The molecule has 0 bridgehead atoms. The molecule has 1 amide bonds. The molecule has 0 radical (unpaired) electrons. The molecular weight excluding hydrogens is 342 g/mol. The zero-order valence-corrected chi connectivity index (χ0v) is 13.9. The molecule has 0 unspecified atom stereocenters. The van der Waals surface area contributed by atoms with E-state index in [0.29, 0.717) is 24.0 Å². The number of carboxylic acid groups (broad SMARTS) is 1. The van der Waals surface area contributed by atoms with E-state index in [1.165, 1.54) is 23.2 Å². The largest absolute Gasteiger partial charge is 0.465 e. The van der Waals surface area contributed by atoms with E-state index in [-0.39, 0.29) is 10.8 Å². The van der Waals surface area contributed by atoms with Gasteiger partial charge in [-0.2, -0.15) is 17.6 Å². The lowest BCUT2D eigenvalue weighted by Crippen LogP contribution is -2.47. The molecule has 1 aromatic heterocycles. The molecule has 0 saturated carbocycles. The van der Waals surface area contributed by atoms with Crippen molar-refractivity contribution in [3.8, 4) is 0 Å². The minimum absolute atomic E-state index is 0.134. The van der Waals surface area contributed by atoms with Crippen molar-refractivity contribution in [1.82, 2.24) is 14.1 Å². The summed E-state index contributed by atoms with van der Waals surface area (Å²) in [5.74, 6) is 0.134. The zero-order valence-electron chi connectivity index (χ0n) is 13.1. The van der Waals surface area contributed by atoms with E-state index in [1.54, 1.807) is 24.3 Å². The van der Waals surface area contributed by atoms with Gasteiger partial charge in [-0.25, -0.2) is 4.79 Å². The fourth-order valence-electron chi connectivity index (χ4n) is 3.01. The van der Waals surface area contributed by atoms with E-state index in [0.717, 1.165) is 9.65 Å². The number of rotatable bonds is 3. The van der Waals surface area contributed by atoms with Crippen LogP contribution in [-0.2, 0) is 10.0 Å². The minimum atomic E-state index is -3.75. The van der Waals surface area contributed by atoms with Gasteiger partial charge in [-0.05, 0) is 29.8 Å². The van der Waals surface area contributed by atoms with Gasteiger partial charge in [-0.15, -0.1) is 0 Å². The summed E-state index contributed by atoms with van der Waals surface area (Å²) in [6.07, 6.45) is 0.603. The molecule has 1 aliphatic rings. The average Bonchev–Trinajstić information content (AvgIpc) is 2.98. The van der Waals surface area contributed by atoms with Crippen LogP contribution in [0.25, 0.3) is 10.9 Å². The van der Waals surface area contributed by atoms with Gasteiger partial charge in [0, 0.05) is 24.4 Å². The third-order valence-electron chi connectivity index (χ3n) is 4.45. The predicted octanol–water partition coefficient (Wildman–Crippen LogP) is 2.35. The third kappa shape index (κ3) is 2.54. The van der Waals surface area contributed by atoms with Gasteiger partial charge in [0.15, 0.2) is 0 Å². The zero-order chi connectivity index (χ0) is 17.6. The summed E-state index contributed by atoms with van der Waals surface area (Å²) in [6.45, 7) is 0.911. The Hall–Kier alpha value is -2.87. The van der Waals surface area contributed by atoms with Gasteiger partial charge in [-0.3, -0.25) is 0 Å². The van der Waals surface area contributed by atoms with Crippen molar-refractivity contribution in [2.45, 2.75) is 10.8 Å². The number of likely N-dealkylation sites (tertiary alicyclic amines) is 1. The van der Waals surface area contributed by atoms with Crippen molar-refractivity contribution in [2.24, 2.45) is 0 Å². The van der Waals surface area contributed by atoms with Gasteiger partial charge in [0.2, 0.25) is 0 Å². The molecule has 0 aliphatic carbocycles. The predicted molar refractivity (Wildman–Crippen MR) is 91.1 cm³/mol. The van der Waals surface area contributed by atoms with E-state index in [9.17, 15) is 13.2 Å². The number of nitrogens with zero attached hydrogens (tertiary/aromatic N) is 3. The third-order valence-corrected chi connectivity index (χ3v) is 6.07. The number of aromatic nitrogens is 2. The number of carbonyl (C=O) groups is 1. The fraction of sp³-hybridized carbons (Fsp3) is 0.176. The van der Waals surface area contributed by atoms with Gasteiger partial charge in [0.05, 0.1) is 16.6 Å². The van der Waals surface area contributed by atoms with Crippen LogP contribution < -0.4 is 0 Å². The maximum Gasteiger partial charge on any atom is 0.407 e. The molecule has 3 aromatic rings. The Morgan fingerprint density at radius 2 is 1.84 bits per heavy atom. The Balaban J connectivity index is 1.69. The molecule has 0 atom stereocenters. The van der Waals surface area contributed by atoms with E-state index in [2.05, 4.69) is 5.10 Å². The monoisotopic (exact) mass is 357 g/mol. The first-order chi connectivity index (χ1) is 12.0. The lowest BCUT2D eigenvalue weighted by atomic mass is 9.91. The molecule has 2 heterocycles. The van der Waals surface area contributed by atoms with E-state index in [4.69, 9.17) is 5.11 Å². The smallest absolute Gasteiger partial charge is 0.407 e. The topological polar surface area (TPSA) is 92.5 Å². The van der Waals surface area contributed by atoms with Crippen LogP contribution >= 0.6 is 0 Å². The van der Waals surface area contributed by atoms with Gasteiger partial charge in [0.1, 0.15) is 0 Å². The highest BCUT2D eigenvalue weighted by molar-refractivity contribution is 7.90. The molecule has 1 fully saturated rings. The van der Waals surface area contributed by atoms with E-state index in [1.807, 2.05) is 12.1 Å². The standard InChI is InChI=1S/C17H15N3O4S/c21-17(22)19-10-14(11-19)12-6-7-16-13(8-12)9-18-20(16)25(23,24)15-4-2-1-3-5-15/h1-9,14H,10-11H2,(H,21,22). The molecule has 8 heteroatoms. The van der Waals surface area contributed by atoms with Crippen LogP contribution in [-0.4, -0.2) is 46.8 Å². The van der Waals surface area contributed by atoms with Crippen molar-refractivity contribution in [3.05, 3.63) is 60.3 Å². The van der Waals surface area contributed by atoms with Crippen LogP contribution in [0.1, 0.15) is 11.5 Å². The second kappa shape index (κ2) is 5.59. The first-order valence-corrected chi connectivity index (χ1v) is 9.17. The second-order valence-electron chi connectivity index (χ2n) is 6.01. The molecule has 128 valence electrons. The summed E-state index contributed by atoms with van der Waals surface area (Å²) in [6, 6.07) is 13.6. The van der Waals surface area contributed by atoms with E-state index < -0.39 is 16.1 Å². The molecule has 2 aromatic carbocycles. The Labute approximate surface area is 144 Å². The average molecular weight is 357 g/mol. The first-order valence-electron chi connectivity index (χ1n) is 7.73. The fourth-order valence-corrected chi connectivity index (χ4v) is 4.31. The van der Waals surface area contributed by atoms with Gasteiger partial charge >= 0.3 is 6.09 Å². The Kier molecular flexibility index (Phi) is 3.50. The quantitative estimate of drug-likeness (QED) is 0.777. The number of benzene rings is 2. The van der Waals surface area contributed by atoms with Crippen LogP contribution in [0.3, 0.4) is 0 Å². The van der Waals surface area contributed by atoms with Gasteiger partial charge < -0.3 is 10.0 Å². The SMILES string of the molecule is O=C(O)N1CC(c2ccc3c(cnn3S(=O)(=O)c3ccccc3)c2)C1. The molecule has 1 saturated heterocycles. The summed E-state index contributed by atoms with van der Waals surface area (Å²) in [5, 5.41) is 13.7.